The van der Waals surface area contributed by atoms with Crippen molar-refractivity contribution >= 4 is 17.0 Å². The lowest BCUT2D eigenvalue weighted by Gasteiger charge is -2.04. The van der Waals surface area contributed by atoms with Crippen molar-refractivity contribution in [2.24, 2.45) is 0 Å². The summed E-state index contributed by atoms with van der Waals surface area (Å²) in [4.78, 5) is 23.6. The molecule has 23 heavy (non-hydrogen) atoms. The number of nitrogens with two attached hydrogens (primary N) is 1. The number of imidazole rings is 1. The number of nitrogen functional groups attached to an aromatic ring is 1. The molecule has 0 atom stereocenters. The van der Waals surface area contributed by atoms with E-state index in [-0.39, 0.29) is 11.5 Å². The monoisotopic (exact) mass is 307 g/mol. The maximum atomic E-state index is 12.3. The zero-order valence-electron chi connectivity index (χ0n) is 12.1. The van der Waals surface area contributed by atoms with Gasteiger partial charge in [-0.1, -0.05) is 30.3 Å². The SMILES string of the molecule is Nc1nc(-c2ccco2)nc2c1[nH]c(=O)n2Cc1ccccc1. The Balaban J connectivity index is 1.90. The smallest absolute Gasteiger partial charge is 0.328 e. The van der Waals surface area contributed by atoms with Gasteiger partial charge in [-0.2, -0.15) is 0 Å². The molecule has 7 nitrogen and oxygen atoms in total. The fraction of sp³-hybridized carbons (Fsp3) is 0.0625. The van der Waals surface area contributed by atoms with Crippen LogP contribution in [0.2, 0.25) is 0 Å². The fourth-order valence-corrected chi connectivity index (χ4v) is 2.48. The summed E-state index contributed by atoms with van der Waals surface area (Å²) >= 11 is 0. The van der Waals surface area contributed by atoms with Crippen LogP contribution in [0.5, 0.6) is 0 Å². The molecule has 0 saturated carbocycles. The average molecular weight is 307 g/mol. The highest BCUT2D eigenvalue weighted by atomic mass is 16.3. The molecule has 7 heteroatoms. The first kappa shape index (κ1) is 13.3. The number of anilines is 1. The second kappa shape index (κ2) is 5.13. The summed E-state index contributed by atoms with van der Waals surface area (Å²) in [5.74, 6) is 1.06. The Morgan fingerprint density at radius 2 is 1.96 bits per heavy atom. The minimum absolute atomic E-state index is 0.213. The Bertz CT molecular complexity index is 1020. The van der Waals surface area contributed by atoms with Gasteiger partial charge in [-0.15, -0.1) is 0 Å². The highest BCUT2D eigenvalue weighted by Gasteiger charge is 2.16. The summed E-state index contributed by atoms with van der Waals surface area (Å²) in [6, 6.07) is 13.2. The van der Waals surface area contributed by atoms with E-state index in [0.29, 0.717) is 29.3 Å². The second-order valence-electron chi connectivity index (χ2n) is 5.11. The van der Waals surface area contributed by atoms with Crippen molar-refractivity contribution in [1.82, 2.24) is 19.5 Å². The van der Waals surface area contributed by atoms with Gasteiger partial charge in [-0.25, -0.2) is 14.8 Å². The molecule has 0 unspecified atom stereocenters. The van der Waals surface area contributed by atoms with Gasteiger partial charge in [-0.3, -0.25) is 4.57 Å². The number of rotatable bonds is 3. The number of furan rings is 1. The van der Waals surface area contributed by atoms with Crippen LogP contribution in [0.1, 0.15) is 5.56 Å². The highest BCUT2D eigenvalue weighted by molar-refractivity contribution is 5.83. The minimum Gasteiger partial charge on any atom is -0.461 e. The Hall–Kier alpha value is -3.35. The first-order valence-corrected chi connectivity index (χ1v) is 7.06. The number of nitrogens with one attached hydrogen (secondary N) is 1. The van der Waals surface area contributed by atoms with Gasteiger partial charge in [0.1, 0.15) is 5.52 Å². The highest BCUT2D eigenvalue weighted by Crippen LogP contribution is 2.21. The predicted molar refractivity (Wildman–Crippen MR) is 85.8 cm³/mol. The molecule has 0 aliphatic rings. The molecule has 114 valence electrons. The van der Waals surface area contributed by atoms with Crippen LogP contribution >= 0.6 is 0 Å². The molecule has 0 bridgehead atoms. The predicted octanol–water partition coefficient (Wildman–Crippen LogP) is 2.01. The van der Waals surface area contributed by atoms with Gasteiger partial charge in [0.05, 0.1) is 12.8 Å². The molecule has 1 aromatic carbocycles. The summed E-state index contributed by atoms with van der Waals surface area (Å²) in [5, 5.41) is 0. The molecule has 0 aliphatic heterocycles. The molecule has 4 rings (SSSR count). The standard InChI is InChI=1S/C16H13N5O2/c17-13-12-15(20-14(19-13)11-7-4-8-23-11)21(16(22)18-12)9-10-5-2-1-3-6-10/h1-8H,9H2,(H,18,22)(H2,17,19,20). The van der Waals surface area contributed by atoms with E-state index in [1.807, 2.05) is 30.3 Å². The van der Waals surface area contributed by atoms with Gasteiger partial charge in [0.2, 0.25) is 0 Å². The summed E-state index contributed by atoms with van der Waals surface area (Å²) < 4.78 is 6.85. The van der Waals surface area contributed by atoms with Crippen LogP contribution in [0.3, 0.4) is 0 Å². The lowest BCUT2D eigenvalue weighted by atomic mass is 10.2. The van der Waals surface area contributed by atoms with Crippen LogP contribution in [-0.4, -0.2) is 19.5 Å². The Morgan fingerprint density at radius 3 is 2.70 bits per heavy atom. The third-order valence-corrected chi connectivity index (χ3v) is 3.58. The molecule has 4 aromatic rings. The first-order chi connectivity index (χ1) is 11.2. The number of hydrogen-bond donors (Lipinski definition) is 2. The maximum Gasteiger partial charge on any atom is 0.328 e. The van der Waals surface area contributed by atoms with Crippen molar-refractivity contribution in [2.75, 3.05) is 5.73 Å². The van der Waals surface area contributed by atoms with Crippen molar-refractivity contribution in [3.63, 3.8) is 0 Å². The lowest BCUT2D eigenvalue weighted by Crippen LogP contribution is -2.17. The zero-order valence-corrected chi connectivity index (χ0v) is 12.1. The second-order valence-corrected chi connectivity index (χ2v) is 5.11. The van der Waals surface area contributed by atoms with Crippen molar-refractivity contribution in [2.45, 2.75) is 6.54 Å². The van der Waals surface area contributed by atoms with E-state index in [0.717, 1.165) is 5.56 Å². The van der Waals surface area contributed by atoms with Crippen LogP contribution in [0.4, 0.5) is 5.82 Å². The summed E-state index contributed by atoms with van der Waals surface area (Å²) in [7, 11) is 0. The molecule has 3 aromatic heterocycles. The largest absolute Gasteiger partial charge is 0.461 e. The van der Waals surface area contributed by atoms with Crippen molar-refractivity contribution in [3.05, 3.63) is 64.8 Å². The number of nitrogens with zero attached hydrogens (tertiary/aromatic N) is 3. The van der Waals surface area contributed by atoms with Gasteiger partial charge < -0.3 is 15.1 Å². The zero-order chi connectivity index (χ0) is 15.8. The molecule has 0 fully saturated rings. The van der Waals surface area contributed by atoms with Crippen molar-refractivity contribution in [3.8, 4) is 11.6 Å². The number of benzene rings is 1. The third-order valence-electron chi connectivity index (χ3n) is 3.58. The van der Waals surface area contributed by atoms with E-state index in [9.17, 15) is 4.79 Å². The summed E-state index contributed by atoms with van der Waals surface area (Å²) in [5.41, 5.74) is 7.57. The first-order valence-electron chi connectivity index (χ1n) is 7.06. The molecule has 0 aliphatic carbocycles. The quantitative estimate of drug-likeness (QED) is 0.602. The van der Waals surface area contributed by atoms with Crippen LogP contribution in [-0.2, 0) is 6.54 Å². The van der Waals surface area contributed by atoms with Gasteiger partial charge >= 0.3 is 5.69 Å². The molecular weight excluding hydrogens is 294 g/mol. The molecule has 0 amide bonds. The summed E-state index contributed by atoms with van der Waals surface area (Å²) in [6.07, 6.45) is 1.53. The van der Waals surface area contributed by atoms with Crippen molar-refractivity contribution < 1.29 is 4.42 Å². The van der Waals surface area contributed by atoms with Crippen molar-refractivity contribution in [1.29, 1.82) is 0 Å². The molecule has 3 heterocycles. The summed E-state index contributed by atoms with van der Waals surface area (Å²) in [6.45, 7) is 0.397. The topological polar surface area (TPSA) is 103 Å². The van der Waals surface area contributed by atoms with Crippen LogP contribution in [0.25, 0.3) is 22.7 Å². The van der Waals surface area contributed by atoms with Gasteiger partial charge in [0.25, 0.3) is 0 Å². The normalized spacial score (nSPS) is 11.1. The van der Waals surface area contributed by atoms with Gasteiger partial charge in [-0.05, 0) is 17.7 Å². The molecule has 0 radical (unpaired) electrons. The minimum atomic E-state index is -0.276. The van der Waals surface area contributed by atoms with E-state index in [4.69, 9.17) is 10.2 Å². The van der Waals surface area contributed by atoms with E-state index in [2.05, 4.69) is 15.0 Å². The van der Waals surface area contributed by atoms with Gasteiger partial charge in [0, 0.05) is 0 Å². The van der Waals surface area contributed by atoms with Crippen LogP contribution in [0, 0.1) is 0 Å². The van der Waals surface area contributed by atoms with E-state index in [1.165, 1.54) is 10.8 Å². The number of aromatic amines is 1. The van der Waals surface area contributed by atoms with E-state index < -0.39 is 0 Å². The van der Waals surface area contributed by atoms with Crippen LogP contribution < -0.4 is 11.4 Å². The number of aromatic nitrogens is 4. The number of H-pyrrole nitrogens is 1. The Labute approximate surface area is 130 Å². The van der Waals surface area contributed by atoms with E-state index >= 15 is 0 Å². The van der Waals surface area contributed by atoms with E-state index in [1.54, 1.807) is 12.1 Å². The van der Waals surface area contributed by atoms with Gasteiger partial charge in [0.15, 0.2) is 23.0 Å². The Kier molecular flexibility index (Phi) is 2.97. The molecule has 0 saturated heterocycles. The fourth-order valence-electron chi connectivity index (χ4n) is 2.48. The third kappa shape index (κ3) is 2.28. The number of hydrogen-bond acceptors (Lipinski definition) is 5. The molecular formula is C16H13N5O2. The lowest BCUT2D eigenvalue weighted by molar-refractivity contribution is 0.577. The Morgan fingerprint density at radius 1 is 1.13 bits per heavy atom. The average Bonchev–Trinajstić information content (AvgIpc) is 3.19. The molecule has 0 spiro atoms. The van der Waals surface area contributed by atoms with Crippen LogP contribution in [0.15, 0.2) is 57.9 Å². The number of fused-ring (bicyclic) bond motifs is 1. The maximum absolute atomic E-state index is 12.3. The molecule has 3 N–H and O–H groups in total.